The van der Waals surface area contributed by atoms with E-state index in [4.69, 9.17) is 0 Å². The zero-order valence-electron chi connectivity index (χ0n) is 15.9. The fraction of sp³-hybridized carbons (Fsp3) is 0.526. The number of nitrogens with one attached hydrogen (secondary N) is 3. The number of hydrogen-bond donors (Lipinski definition) is 3. The van der Waals surface area contributed by atoms with Gasteiger partial charge in [0, 0.05) is 37.5 Å². The third kappa shape index (κ3) is 7.74. The molecule has 1 atom stereocenters. The Hall–Kier alpha value is -1.84. The maximum absolute atomic E-state index is 11.9. The van der Waals surface area contributed by atoms with Crippen LogP contribution in [-0.4, -0.2) is 44.6 Å². The number of nitrogens with zero attached hydrogens (tertiary/aromatic N) is 1. The number of ether oxygens (including phenoxy) is 1. The molecule has 0 radical (unpaired) electrons. The van der Waals surface area contributed by atoms with E-state index in [1.54, 1.807) is 0 Å². The van der Waals surface area contributed by atoms with Gasteiger partial charge in [-0.25, -0.2) is 0 Å². The second-order valence-corrected chi connectivity index (χ2v) is 6.22. The van der Waals surface area contributed by atoms with Crippen LogP contribution in [0.3, 0.4) is 0 Å². The van der Waals surface area contributed by atoms with Crippen molar-refractivity contribution in [3.8, 4) is 0 Å². The molecule has 0 spiro atoms. The standard InChI is InChI=1S/C19H28N4O3.HI/c1-3-20-19(21-11-7-6-10-18(25)26-2)22-13-14-12-17(24)23-16-9-5-4-8-15(14)16;/h4-5,8-9,14H,3,6-7,10-13H2,1-2H3,(H,23,24)(H2,20,21,22);1H. The maximum Gasteiger partial charge on any atom is 0.305 e. The predicted octanol–water partition coefficient (Wildman–Crippen LogP) is 2.63. The number of amides is 1. The summed E-state index contributed by atoms with van der Waals surface area (Å²) in [5, 5.41) is 9.40. The number of halogens is 1. The molecule has 2 rings (SSSR count). The minimum absolute atomic E-state index is 0. The molecule has 150 valence electrons. The van der Waals surface area contributed by atoms with E-state index in [1.165, 1.54) is 7.11 Å². The SMILES string of the molecule is CCNC(=NCC1CC(=O)Nc2ccccc21)NCCCCC(=O)OC.I. The second-order valence-electron chi connectivity index (χ2n) is 6.22. The van der Waals surface area contributed by atoms with Gasteiger partial charge in [-0.1, -0.05) is 18.2 Å². The number of para-hydroxylation sites is 1. The summed E-state index contributed by atoms with van der Waals surface area (Å²) in [4.78, 5) is 27.6. The van der Waals surface area contributed by atoms with E-state index < -0.39 is 0 Å². The van der Waals surface area contributed by atoms with Crippen LogP contribution < -0.4 is 16.0 Å². The molecule has 0 aliphatic carbocycles. The van der Waals surface area contributed by atoms with Crippen LogP contribution in [0.2, 0.25) is 0 Å². The largest absolute Gasteiger partial charge is 0.469 e. The number of rotatable bonds is 8. The van der Waals surface area contributed by atoms with Gasteiger partial charge in [-0.15, -0.1) is 24.0 Å². The predicted molar refractivity (Wildman–Crippen MR) is 118 cm³/mol. The molecule has 27 heavy (non-hydrogen) atoms. The number of unbranched alkanes of at least 4 members (excludes halogenated alkanes) is 1. The van der Waals surface area contributed by atoms with Crippen molar-refractivity contribution in [3.63, 3.8) is 0 Å². The number of aliphatic imine (C=N–C) groups is 1. The summed E-state index contributed by atoms with van der Waals surface area (Å²) in [5.41, 5.74) is 2.01. The van der Waals surface area contributed by atoms with Gasteiger partial charge in [-0.05, 0) is 31.4 Å². The Morgan fingerprint density at radius 3 is 2.81 bits per heavy atom. The highest BCUT2D eigenvalue weighted by atomic mass is 127. The molecule has 0 fully saturated rings. The molecule has 1 aromatic carbocycles. The number of fused-ring (bicyclic) bond motifs is 1. The number of anilines is 1. The number of methoxy groups -OCH3 is 1. The molecular weight excluding hydrogens is 459 g/mol. The Labute approximate surface area is 177 Å². The molecule has 1 aromatic rings. The average Bonchev–Trinajstić information content (AvgIpc) is 2.65. The monoisotopic (exact) mass is 488 g/mol. The van der Waals surface area contributed by atoms with Crippen molar-refractivity contribution in [2.24, 2.45) is 4.99 Å². The summed E-state index contributed by atoms with van der Waals surface area (Å²) < 4.78 is 4.63. The molecule has 7 nitrogen and oxygen atoms in total. The minimum atomic E-state index is -0.181. The van der Waals surface area contributed by atoms with Crippen LogP contribution in [0.5, 0.6) is 0 Å². The molecule has 0 bridgehead atoms. The van der Waals surface area contributed by atoms with Crippen LogP contribution in [-0.2, 0) is 14.3 Å². The van der Waals surface area contributed by atoms with Crippen molar-refractivity contribution in [2.45, 2.75) is 38.5 Å². The Balaban J connectivity index is 0.00000364. The fourth-order valence-corrected chi connectivity index (χ4v) is 2.91. The summed E-state index contributed by atoms with van der Waals surface area (Å²) in [6.07, 6.45) is 2.50. The van der Waals surface area contributed by atoms with E-state index in [2.05, 4.69) is 25.7 Å². The van der Waals surface area contributed by atoms with E-state index in [0.29, 0.717) is 19.4 Å². The maximum atomic E-state index is 11.9. The number of guanidine groups is 1. The van der Waals surface area contributed by atoms with Crippen molar-refractivity contribution in [3.05, 3.63) is 29.8 Å². The highest BCUT2D eigenvalue weighted by molar-refractivity contribution is 14.0. The lowest BCUT2D eigenvalue weighted by molar-refractivity contribution is -0.140. The van der Waals surface area contributed by atoms with Gasteiger partial charge in [-0.2, -0.15) is 0 Å². The molecular formula is C19H29IN4O3. The lowest BCUT2D eigenvalue weighted by Crippen LogP contribution is -2.38. The quantitative estimate of drug-likeness (QED) is 0.172. The molecule has 1 aliphatic heterocycles. The van der Waals surface area contributed by atoms with Crippen LogP contribution in [0.15, 0.2) is 29.3 Å². The third-order valence-corrected chi connectivity index (χ3v) is 4.25. The first-order valence-corrected chi connectivity index (χ1v) is 9.11. The van der Waals surface area contributed by atoms with Gasteiger partial charge in [0.05, 0.1) is 13.7 Å². The summed E-state index contributed by atoms with van der Waals surface area (Å²) in [6, 6.07) is 7.87. The minimum Gasteiger partial charge on any atom is -0.469 e. The van der Waals surface area contributed by atoms with E-state index in [-0.39, 0.29) is 41.8 Å². The van der Waals surface area contributed by atoms with Gasteiger partial charge in [0.25, 0.3) is 0 Å². The first-order chi connectivity index (χ1) is 12.6. The molecule has 3 N–H and O–H groups in total. The van der Waals surface area contributed by atoms with Crippen LogP contribution >= 0.6 is 24.0 Å². The zero-order chi connectivity index (χ0) is 18.8. The van der Waals surface area contributed by atoms with Gasteiger partial charge < -0.3 is 20.7 Å². The van der Waals surface area contributed by atoms with Crippen LogP contribution in [0, 0.1) is 0 Å². The fourth-order valence-electron chi connectivity index (χ4n) is 2.91. The van der Waals surface area contributed by atoms with E-state index in [1.807, 2.05) is 31.2 Å². The Bertz CT molecular complexity index is 652. The smallest absolute Gasteiger partial charge is 0.305 e. The Morgan fingerprint density at radius 2 is 2.07 bits per heavy atom. The zero-order valence-corrected chi connectivity index (χ0v) is 18.2. The van der Waals surface area contributed by atoms with Gasteiger partial charge in [0.1, 0.15) is 0 Å². The third-order valence-electron chi connectivity index (χ3n) is 4.25. The van der Waals surface area contributed by atoms with Crippen LogP contribution in [0.25, 0.3) is 0 Å². The number of carbonyl (C=O) groups excluding carboxylic acids is 2. The van der Waals surface area contributed by atoms with Crippen molar-refractivity contribution in [2.75, 3.05) is 32.1 Å². The molecule has 1 unspecified atom stereocenters. The van der Waals surface area contributed by atoms with Crippen molar-refractivity contribution in [1.82, 2.24) is 10.6 Å². The highest BCUT2D eigenvalue weighted by Crippen LogP contribution is 2.31. The number of carbonyl (C=O) groups is 2. The summed E-state index contributed by atoms with van der Waals surface area (Å²) in [6.45, 7) is 4.04. The van der Waals surface area contributed by atoms with E-state index >= 15 is 0 Å². The lowest BCUT2D eigenvalue weighted by Gasteiger charge is -2.24. The van der Waals surface area contributed by atoms with Gasteiger partial charge >= 0.3 is 5.97 Å². The molecule has 0 saturated carbocycles. The van der Waals surface area contributed by atoms with Gasteiger partial charge in [0.2, 0.25) is 5.91 Å². The second kappa shape index (κ2) is 12.5. The molecule has 0 aromatic heterocycles. The Kier molecular flexibility index (Phi) is 10.8. The molecule has 1 heterocycles. The molecule has 8 heteroatoms. The summed E-state index contributed by atoms with van der Waals surface area (Å²) in [5.74, 6) is 0.660. The first-order valence-electron chi connectivity index (χ1n) is 9.11. The Morgan fingerprint density at radius 1 is 1.30 bits per heavy atom. The summed E-state index contributed by atoms with van der Waals surface area (Å²) in [7, 11) is 1.40. The first kappa shape index (κ1) is 23.2. The number of esters is 1. The average molecular weight is 488 g/mol. The topological polar surface area (TPSA) is 91.8 Å². The van der Waals surface area contributed by atoms with E-state index in [0.717, 1.165) is 43.1 Å². The highest BCUT2D eigenvalue weighted by Gasteiger charge is 2.24. The normalized spacial score (nSPS) is 15.9. The van der Waals surface area contributed by atoms with Crippen LogP contribution in [0.1, 0.15) is 44.1 Å². The van der Waals surface area contributed by atoms with Gasteiger partial charge in [0.15, 0.2) is 5.96 Å². The number of benzene rings is 1. The number of hydrogen-bond acceptors (Lipinski definition) is 4. The van der Waals surface area contributed by atoms with Crippen LogP contribution in [0.4, 0.5) is 5.69 Å². The van der Waals surface area contributed by atoms with Crippen molar-refractivity contribution < 1.29 is 14.3 Å². The molecule has 1 aliphatic rings. The molecule has 0 saturated heterocycles. The van der Waals surface area contributed by atoms with Gasteiger partial charge in [-0.3, -0.25) is 14.6 Å². The van der Waals surface area contributed by atoms with Crippen molar-refractivity contribution >= 4 is 47.5 Å². The molecule has 1 amide bonds. The van der Waals surface area contributed by atoms with Crippen molar-refractivity contribution in [1.29, 1.82) is 0 Å². The lowest BCUT2D eigenvalue weighted by atomic mass is 9.91. The summed E-state index contributed by atoms with van der Waals surface area (Å²) >= 11 is 0. The van der Waals surface area contributed by atoms with E-state index in [9.17, 15) is 9.59 Å².